The van der Waals surface area contributed by atoms with E-state index in [9.17, 15) is 0 Å². The fourth-order valence-electron chi connectivity index (χ4n) is 5.55. The highest BCUT2D eigenvalue weighted by Crippen LogP contribution is 2.53. The van der Waals surface area contributed by atoms with Gasteiger partial charge in [0, 0.05) is 12.1 Å². The zero-order valence-electron chi connectivity index (χ0n) is 14.7. The molecule has 1 N–H and O–H groups in total. The lowest BCUT2D eigenvalue weighted by Crippen LogP contribution is -2.41. The molecule has 0 amide bonds. The van der Waals surface area contributed by atoms with E-state index in [0.29, 0.717) is 11.9 Å². The van der Waals surface area contributed by atoms with Gasteiger partial charge < -0.3 is 14.6 Å². The molecule has 2 aliphatic heterocycles. The van der Waals surface area contributed by atoms with E-state index in [2.05, 4.69) is 33.0 Å². The van der Waals surface area contributed by atoms with Crippen molar-refractivity contribution in [2.75, 3.05) is 0 Å². The first-order valence-corrected chi connectivity index (χ1v) is 9.51. The average molecular weight is 305 g/mol. The standard InChI is InChI=1S/C18H32BNO2/c1-17(2)18(3,4)22-19(21-17)13-9-7-11-15-16(13)12-8-5-6-10-14(12)20-15/h12-16,20H,5-11H2,1-4H3. The third kappa shape index (κ3) is 2.29. The molecule has 22 heavy (non-hydrogen) atoms. The first-order valence-electron chi connectivity index (χ1n) is 9.51. The first kappa shape index (κ1) is 15.5. The molecule has 0 bridgehead atoms. The largest absolute Gasteiger partial charge is 0.461 e. The smallest absolute Gasteiger partial charge is 0.403 e. The molecule has 124 valence electrons. The zero-order chi connectivity index (χ0) is 15.5. The van der Waals surface area contributed by atoms with Gasteiger partial charge in [-0.05, 0) is 64.6 Å². The Morgan fingerprint density at radius 3 is 2.18 bits per heavy atom. The minimum atomic E-state index is -0.192. The van der Waals surface area contributed by atoms with Crippen molar-refractivity contribution in [2.45, 2.75) is 102 Å². The lowest BCUT2D eigenvalue weighted by atomic mass is 9.54. The first-order chi connectivity index (χ1) is 10.4. The zero-order valence-corrected chi connectivity index (χ0v) is 14.7. The van der Waals surface area contributed by atoms with E-state index in [4.69, 9.17) is 9.31 Å². The molecule has 3 nitrogen and oxygen atoms in total. The maximum Gasteiger partial charge on any atom is 0.461 e. The van der Waals surface area contributed by atoms with E-state index in [-0.39, 0.29) is 18.3 Å². The number of fused-ring (bicyclic) bond motifs is 3. The molecule has 2 aliphatic carbocycles. The van der Waals surface area contributed by atoms with E-state index in [1.807, 2.05) is 0 Å². The van der Waals surface area contributed by atoms with E-state index >= 15 is 0 Å². The van der Waals surface area contributed by atoms with Crippen molar-refractivity contribution in [3.8, 4) is 0 Å². The fraction of sp³-hybridized carbons (Fsp3) is 1.00. The summed E-state index contributed by atoms with van der Waals surface area (Å²) in [6.45, 7) is 8.74. The Hall–Kier alpha value is -0.0551. The topological polar surface area (TPSA) is 30.5 Å². The quantitative estimate of drug-likeness (QED) is 0.748. The van der Waals surface area contributed by atoms with Gasteiger partial charge in [-0.2, -0.15) is 0 Å². The highest BCUT2D eigenvalue weighted by Gasteiger charge is 2.59. The molecule has 4 aliphatic rings. The summed E-state index contributed by atoms with van der Waals surface area (Å²) in [5.74, 6) is 2.22. The summed E-state index contributed by atoms with van der Waals surface area (Å²) in [4.78, 5) is 0. The van der Waals surface area contributed by atoms with Crippen molar-refractivity contribution < 1.29 is 9.31 Å². The second kappa shape index (κ2) is 5.22. The second-order valence-electron chi connectivity index (χ2n) is 9.12. The Morgan fingerprint density at radius 1 is 0.818 bits per heavy atom. The molecular weight excluding hydrogens is 273 g/mol. The summed E-state index contributed by atoms with van der Waals surface area (Å²) in [7, 11) is 0.000256. The fourth-order valence-corrected chi connectivity index (χ4v) is 5.55. The maximum atomic E-state index is 6.44. The van der Waals surface area contributed by atoms with E-state index < -0.39 is 0 Å². The van der Waals surface area contributed by atoms with E-state index in [1.54, 1.807) is 0 Å². The van der Waals surface area contributed by atoms with Crippen LogP contribution < -0.4 is 5.32 Å². The maximum absolute atomic E-state index is 6.44. The molecule has 2 saturated carbocycles. The van der Waals surface area contributed by atoms with Gasteiger partial charge >= 0.3 is 7.12 Å². The molecular formula is C18H32BNO2. The summed E-state index contributed by atoms with van der Waals surface area (Å²) >= 11 is 0. The number of hydrogen-bond acceptors (Lipinski definition) is 3. The molecule has 2 saturated heterocycles. The van der Waals surface area contributed by atoms with Crippen molar-refractivity contribution in [2.24, 2.45) is 11.8 Å². The molecule has 5 unspecified atom stereocenters. The van der Waals surface area contributed by atoms with Crippen LogP contribution in [0.2, 0.25) is 5.82 Å². The second-order valence-corrected chi connectivity index (χ2v) is 9.12. The molecule has 4 fully saturated rings. The molecule has 0 aromatic rings. The van der Waals surface area contributed by atoms with Gasteiger partial charge in [0.1, 0.15) is 0 Å². The Bertz CT molecular complexity index is 423. The van der Waals surface area contributed by atoms with Gasteiger partial charge in [0.05, 0.1) is 11.2 Å². The predicted molar refractivity (Wildman–Crippen MR) is 89.8 cm³/mol. The molecule has 4 heteroatoms. The Kier molecular flexibility index (Phi) is 3.67. The SMILES string of the molecule is CC1(C)OB(C2CCCC3NC4CCCCC4C32)OC1(C)C. The Labute approximate surface area is 136 Å². The van der Waals surface area contributed by atoms with Crippen molar-refractivity contribution in [1.82, 2.24) is 5.32 Å². The minimum absolute atomic E-state index is 0.000256. The molecule has 0 radical (unpaired) electrons. The van der Waals surface area contributed by atoms with Crippen LogP contribution in [0.4, 0.5) is 0 Å². The minimum Gasteiger partial charge on any atom is -0.403 e. The van der Waals surface area contributed by atoms with Gasteiger partial charge in [-0.3, -0.25) is 0 Å². The third-order valence-corrected chi connectivity index (χ3v) is 7.37. The lowest BCUT2D eigenvalue weighted by Gasteiger charge is -2.38. The van der Waals surface area contributed by atoms with Crippen LogP contribution in [0.5, 0.6) is 0 Å². The van der Waals surface area contributed by atoms with Crippen LogP contribution in [-0.4, -0.2) is 30.4 Å². The molecule has 0 aromatic carbocycles. The van der Waals surface area contributed by atoms with Crippen LogP contribution in [-0.2, 0) is 9.31 Å². The van der Waals surface area contributed by atoms with E-state index in [1.165, 1.54) is 44.9 Å². The summed E-state index contributed by atoms with van der Waals surface area (Å²) in [6, 6.07) is 1.48. The van der Waals surface area contributed by atoms with Gasteiger partial charge in [0.2, 0.25) is 0 Å². The molecule has 0 spiro atoms. The van der Waals surface area contributed by atoms with Gasteiger partial charge in [-0.1, -0.05) is 25.7 Å². The highest BCUT2D eigenvalue weighted by atomic mass is 16.7. The van der Waals surface area contributed by atoms with Gasteiger partial charge in [-0.15, -0.1) is 0 Å². The molecule has 2 heterocycles. The normalized spacial score (nSPS) is 46.4. The predicted octanol–water partition coefficient (Wildman–Crippen LogP) is 3.78. The van der Waals surface area contributed by atoms with Crippen molar-refractivity contribution >= 4 is 7.12 Å². The number of nitrogens with one attached hydrogen (secondary N) is 1. The summed E-state index contributed by atoms with van der Waals surface area (Å²) in [5, 5.41) is 3.98. The van der Waals surface area contributed by atoms with Crippen molar-refractivity contribution in [1.29, 1.82) is 0 Å². The van der Waals surface area contributed by atoms with Gasteiger partial charge in [0.25, 0.3) is 0 Å². The monoisotopic (exact) mass is 305 g/mol. The van der Waals surface area contributed by atoms with Gasteiger partial charge in [0.15, 0.2) is 0 Å². The summed E-state index contributed by atoms with van der Waals surface area (Å²) < 4.78 is 12.9. The van der Waals surface area contributed by atoms with Crippen LogP contribution >= 0.6 is 0 Å². The average Bonchev–Trinajstić information content (AvgIpc) is 2.93. The molecule has 4 rings (SSSR count). The Morgan fingerprint density at radius 2 is 1.45 bits per heavy atom. The highest BCUT2D eigenvalue weighted by molar-refractivity contribution is 6.47. The van der Waals surface area contributed by atoms with E-state index in [0.717, 1.165) is 17.9 Å². The van der Waals surface area contributed by atoms with Gasteiger partial charge in [-0.25, -0.2) is 0 Å². The number of hydrogen-bond donors (Lipinski definition) is 1. The van der Waals surface area contributed by atoms with Crippen LogP contribution in [0.25, 0.3) is 0 Å². The van der Waals surface area contributed by atoms with Crippen molar-refractivity contribution in [3.63, 3.8) is 0 Å². The Balaban J connectivity index is 1.57. The van der Waals surface area contributed by atoms with Crippen LogP contribution in [0.15, 0.2) is 0 Å². The summed E-state index contributed by atoms with van der Waals surface area (Å²) in [5.41, 5.74) is -0.384. The lowest BCUT2D eigenvalue weighted by molar-refractivity contribution is 0.00578. The molecule has 5 atom stereocenters. The van der Waals surface area contributed by atoms with Crippen LogP contribution in [0, 0.1) is 11.8 Å². The van der Waals surface area contributed by atoms with Crippen LogP contribution in [0.1, 0.15) is 72.6 Å². The van der Waals surface area contributed by atoms with Crippen molar-refractivity contribution in [3.05, 3.63) is 0 Å². The third-order valence-electron chi connectivity index (χ3n) is 7.37. The van der Waals surface area contributed by atoms with Crippen LogP contribution in [0.3, 0.4) is 0 Å². The number of rotatable bonds is 1. The summed E-state index contributed by atoms with van der Waals surface area (Å²) in [6.07, 6.45) is 9.58. The molecule has 0 aromatic heterocycles.